The highest BCUT2D eigenvalue weighted by Crippen LogP contribution is 2.31. The molecule has 0 saturated carbocycles. The quantitative estimate of drug-likeness (QED) is 0.587. The summed E-state index contributed by atoms with van der Waals surface area (Å²) in [5.41, 5.74) is 3.05. The molecule has 0 fully saturated rings. The molecule has 0 spiro atoms. The number of nitriles is 1. The molecule has 0 aliphatic heterocycles. The summed E-state index contributed by atoms with van der Waals surface area (Å²) in [5.74, 6) is 1.94. The van der Waals surface area contributed by atoms with Crippen molar-refractivity contribution in [1.29, 1.82) is 5.26 Å². The van der Waals surface area contributed by atoms with E-state index >= 15 is 0 Å². The van der Waals surface area contributed by atoms with Crippen LogP contribution in [-0.4, -0.2) is 22.7 Å². The first-order chi connectivity index (χ1) is 13.1. The van der Waals surface area contributed by atoms with Crippen molar-refractivity contribution in [2.75, 3.05) is 6.61 Å². The summed E-state index contributed by atoms with van der Waals surface area (Å²) < 4.78 is 11.7. The molecule has 3 aromatic rings. The number of aromatic amines is 1. The van der Waals surface area contributed by atoms with Crippen molar-refractivity contribution in [1.82, 2.24) is 9.97 Å². The van der Waals surface area contributed by atoms with Gasteiger partial charge in [-0.05, 0) is 56.2 Å². The van der Waals surface area contributed by atoms with Crippen molar-refractivity contribution >= 4 is 22.7 Å². The second-order valence-corrected chi connectivity index (χ2v) is 6.25. The van der Waals surface area contributed by atoms with Gasteiger partial charge >= 0.3 is 0 Å². The molecule has 5 heteroatoms. The number of aromatic nitrogens is 2. The van der Waals surface area contributed by atoms with Crippen LogP contribution in [0.4, 0.5) is 0 Å². The fraction of sp³-hybridized carbons (Fsp3) is 0.273. The van der Waals surface area contributed by atoms with Crippen LogP contribution in [0.15, 0.2) is 42.5 Å². The number of hydrogen-bond acceptors (Lipinski definition) is 4. The first kappa shape index (κ1) is 18.5. The van der Waals surface area contributed by atoms with Crippen LogP contribution in [0, 0.1) is 11.3 Å². The molecule has 27 heavy (non-hydrogen) atoms. The van der Waals surface area contributed by atoms with Crippen molar-refractivity contribution in [3.8, 4) is 17.6 Å². The topological polar surface area (TPSA) is 70.9 Å². The van der Waals surface area contributed by atoms with Gasteiger partial charge in [-0.2, -0.15) is 5.26 Å². The van der Waals surface area contributed by atoms with Crippen molar-refractivity contribution in [2.45, 2.75) is 33.3 Å². The highest BCUT2D eigenvalue weighted by Gasteiger charge is 2.11. The molecule has 0 saturated heterocycles. The largest absolute Gasteiger partial charge is 0.490 e. The smallest absolute Gasteiger partial charge is 0.161 e. The number of nitrogens with one attached hydrogen (secondary N) is 1. The van der Waals surface area contributed by atoms with Gasteiger partial charge in [0, 0.05) is 0 Å². The molecule has 0 bridgehead atoms. The molecule has 1 aromatic heterocycles. The van der Waals surface area contributed by atoms with Gasteiger partial charge in [-0.1, -0.05) is 25.1 Å². The summed E-state index contributed by atoms with van der Waals surface area (Å²) in [6.45, 7) is 6.58. The minimum Gasteiger partial charge on any atom is -0.490 e. The van der Waals surface area contributed by atoms with E-state index in [0.717, 1.165) is 23.0 Å². The van der Waals surface area contributed by atoms with Gasteiger partial charge in [-0.25, -0.2) is 4.98 Å². The first-order valence-electron chi connectivity index (χ1n) is 9.15. The summed E-state index contributed by atoms with van der Waals surface area (Å²) in [7, 11) is 0. The Labute approximate surface area is 159 Å². The maximum Gasteiger partial charge on any atom is 0.161 e. The Bertz CT molecular complexity index is 965. The van der Waals surface area contributed by atoms with E-state index in [2.05, 4.69) is 23.0 Å². The van der Waals surface area contributed by atoms with E-state index in [1.54, 1.807) is 6.08 Å². The summed E-state index contributed by atoms with van der Waals surface area (Å²) >= 11 is 0. The minimum atomic E-state index is 0.107. The average Bonchev–Trinajstić information content (AvgIpc) is 3.12. The molecule has 3 rings (SSSR count). The number of para-hydroxylation sites is 2. The van der Waals surface area contributed by atoms with Crippen LogP contribution in [0.3, 0.4) is 0 Å². The van der Waals surface area contributed by atoms with E-state index < -0.39 is 0 Å². The van der Waals surface area contributed by atoms with Crippen LogP contribution in [0.2, 0.25) is 0 Å². The van der Waals surface area contributed by atoms with E-state index in [0.29, 0.717) is 29.5 Å². The molecule has 0 amide bonds. The molecule has 1 heterocycles. The second kappa shape index (κ2) is 8.41. The summed E-state index contributed by atoms with van der Waals surface area (Å²) in [4.78, 5) is 7.70. The summed E-state index contributed by atoms with van der Waals surface area (Å²) in [6, 6.07) is 15.6. The van der Waals surface area contributed by atoms with Gasteiger partial charge in [0.25, 0.3) is 0 Å². The molecule has 1 atom stereocenters. The van der Waals surface area contributed by atoms with Gasteiger partial charge in [0.2, 0.25) is 0 Å². The monoisotopic (exact) mass is 361 g/mol. The zero-order chi connectivity index (χ0) is 19.2. The summed E-state index contributed by atoms with van der Waals surface area (Å²) in [5, 5.41) is 9.61. The lowest BCUT2D eigenvalue weighted by Crippen LogP contribution is -2.10. The lowest BCUT2D eigenvalue weighted by atomic mass is 10.1. The third-order valence-electron chi connectivity index (χ3n) is 4.25. The van der Waals surface area contributed by atoms with E-state index in [1.807, 2.05) is 56.3 Å². The van der Waals surface area contributed by atoms with E-state index in [1.165, 1.54) is 0 Å². The van der Waals surface area contributed by atoms with Crippen LogP contribution in [0.5, 0.6) is 11.5 Å². The van der Waals surface area contributed by atoms with Gasteiger partial charge in [-0.15, -0.1) is 0 Å². The zero-order valence-corrected chi connectivity index (χ0v) is 15.8. The van der Waals surface area contributed by atoms with Gasteiger partial charge < -0.3 is 14.5 Å². The molecule has 0 radical (unpaired) electrons. The number of benzene rings is 2. The first-order valence-corrected chi connectivity index (χ1v) is 9.15. The Morgan fingerprint density at radius 3 is 2.74 bits per heavy atom. The lowest BCUT2D eigenvalue weighted by molar-refractivity contribution is 0.203. The molecule has 1 N–H and O–H groups in total. The Morgan fingerprint density at radius 2 is 2.04 bits per heavy atom. The summed E-state index contributed by atoms with van der Waals surface area (Å²) in [6.07, 6.45) is 2.82. The third kappa shape index (κ3) is 4.29. The fourth-order valence-corrected chi connectivity index (χ4v) is 2.68. The Kier molecular flexibility index (Phi) is 5.77. The molecule has 0 aliphatic rings. The van der Waals surface area contributed by atoms with Gasteiger partial charge in [0.05, 0.1) is 29.3 Å². The van der Waals surface area contributed by atoms with Crippen LogP contribution in [0.1, 0.15) is 38.6 Å². The van der Waals surface area contributed by atoms with Crippen LogP contribution in [-0.2, 0) is 0 Å². The molecule has 0 aliphatic carbocycles. The number of rotatable bonds is 7. The number of ether oxygens (including phenoxy) is 2. The van der Waals surface area contributed by atoms with Gasteiger partial charge in [-0.3, -0.25) is 0 Å². The number of hydrogen-bond donors (Lipinski definition) is 1. The van der Waals surface area contributed by atoms with Crippen molar-refractivity contribution in [2.24, 2.45) is 0 Å². The Hall–Kier alpha value is -3.26. The standard InChI is InChI=1S/C22H23N3O2/c1-4-15(3)27-20-11-10-16(13-21(20)26-5-2)12-17(14-23)22-24-18-8-6-7-9-19(18)25-22/h6-13,15H,4-5H2,1-3H3,(H,24,25). The van der Waals surface area contributed by atoms with E-state index in [9.17, 15) is 5.26 Å². The number of fused-ring (bicyclic) bond motifs is 1. The molecule has 1 unspecified atom stereocenters. The van der Waals surface area contributed by atoms with Crippen molar-refractivity contribution in [3.63, 3.8) is 0 Å². The van der Waals surface area contributed by atoms with Crippen molar-refractivity contribution < 1.29 is 9.47 Å². The van der Waals surface area contributed by atoms with Crippen LogP contribution >= 0.6 is 0 Å². The highest BCUT2D eigenvalue weighted by atomic mass is 16.5. The lowest BCUT2D eigenvalue weighted by Gasteiger charge is -2.16. The maximum atomic E-state index is 9.61. The average molecular weight is 361 g/mol. The number of H-pyrrole nitrogens is 1. The molecule has 5 nitrogen and oxygen atoms in total. The Morgan fingerprint density at radius 1 is 1.22 bits per heavy atom. The molecule has 138 valence electrons. The number of nitrogens with zero attached hydrogens (tertiary/aromatic N) is 2. The van der Waals surface area contributed by atoms with Crippen LogP contribution < -0.4 is 9.47 Å². The maximum absolute atomic E-state index is 9.61. The minimum absolute atomic E-state index is 0.107. The third-order valence-corrected chi connectivity index (χ3v) is 4.25. The number of imidazole rings is 1. The van der Waals surface area contributed by atoms with Crippen LogP contribution in [0.25, 0.3) is 22.7 Å². The SMILES string of the molecule is CCOc1cc(C=C(C#N)c2nc3ccccc3[nH]2)ccc1OC(C)CC. The second-order valence-electron chi connectivity index (χ2n) is 6.25. The van der Waals surface area contributed by atoms with Gasteiger partial charge in [0.1, 0.15) is 11.9 Å². The Balaban J connectivity index is 1.96. The number of allylic oxidation sites excluding steroid dienone is 1. The van der Waals surface area contributed by atoms with E-state index in [4.69, 9.17) is 9.47 Å². The predicted octanol–water partition coefficient (Wildman–Crippen LogP) is 5.20. The molecular weight excluding hydrogens is 338 g/mol. The normalized spacial score (nSPS) is 12.6. The van der Waals surface area contributed by atoms with E-state index in [-0.39, 0.29) is 6.10 Å². The van der Waals surface area contributed by atoms with Gasteiger partial charge in [0.15, 0.2) is 11.5 Å². The van der Waals surface area contributed by atoms with Crippen molar-refractivity contribution in [3.05, 3.63) is 53.9 Å². The highest BCUT2D eigenvalue weighted by molar-refractivity contribution is 5.90. The predicted molar refractivity (Wildman–Crippen MR) is 108 cm³/mol. The molecule has 2 aromatic carbocycles. The zero-order valence-electron chi connectivity index (χ0n) is 15.8. The fourth-order valence-electron chi connectivity index (χ4n) is 2.68. The molecular formula is C22H23N3O2.